The van der Waals surface area contributed by atoms with Crippen molar-refractivity contribution < 1.29 is 18.8 Å². The molecule has 220 valence electrons. The smallest absolute Gasteiger partial charge is 0.272 e. The zero-order valence-corrected chi connectivity index (χ0v) is 25.4. The molecule has 10 heteroatoms. The first kappa shape index (κ1) is 30.7. The number of hydrogen-bond acceptors (Lipinski definition) is 5. The summed E-state index contributed by atoms with van der Waals surface area (Å²) in [4.78, 5) is 40.2. The molecule has 5 rings (SSSR count). The van der Waals surface area contributed by atoms with Crippen molar-refractivity contribution in [1.82, 2.24) is 5.32 Å². The SMILES string of the molecule is O=C(Nc1ccc(SC(C(=O)Nc2ccc(F)c(Cl)c2)c2ccccc2)cc1)/C(=C/c1ccsc1)NC(=O)c1ccccc1. The Morgan fingerprint density at radius 3 is 2.16 bits per heavy atom. The number of thiophene rings is 1. The minimum Gasteiger partial charge on any atom is -0.325 e. The number of rotatable bonds is 10. The van der Waals surface area contributed by atoms with Crippen LogP contribution in [0.3, 0.4) is 0 Å². The van der Waals surface area contributed by atoms with Gasteiger partial charge in [-0.1, -0.05) is 60.1 Å². The van der Waals surface area contributed by atoms with Crippen LogP contribution in [0.25, 0.3) is 6.08 Å². The number of benzene rings is 4. The van der Waals surface area contributed by atoms with E-state index in [4.69, 9.17) is 11.6 Å². The standard InChI is InChI=1S/C34H25ClFN3O3S2/c35-28-20-26(13-16-29(28)36)38-34(42)31(23-7-3-1-4-8-23)44-27-14-11-25(12-15-27)37-33(41)30(19-22-17-18-43-21-22)39-32(40)24-9-5-2-6-10-24/h1-21,31H,(H,37,41)(H,38,42)(H,39,40)/b30-19-. The molecule has 3 N–H and O–H groups in total. The molecule has 0 saturated heterocycles. The molecule has 1 unspecified atom stereocenters. The molecule has 0 bridgehead atoms. The van der Waals surface area contributed by atoms with Crippen LogP contribution in [0.15, 0.2) is 131 Å². The maximum absolute atomic E-state index is 13.6. The van der Waals surface area contributed by atoms with Crippen molar-refractivity contribution in [2.24, 2.45) is 0 Å². The monoisotopic (exact) mass is 641 g/mol. The topological polar surface area (TPSA) is 87.3 Å². The van der Waals surface area contributed by atoms with Gasteiger partial charge in [0.25, 0.3) is 11.8 Å². The van der Waals surface area contributed by atoms with E-state index < -0.39 is 22.9 Å². The molecule has 0 fully saturated rings. The Kier molecular flexibility index (Phi) is 10.2. The van der Waals surface area contributed by atoms with Gasteiger partial charge >= 0.3 is 0 Å². The van der Waals surface area contributed by atoms with Crippen LogP contribution in [0.1, 0.15) is 26.7 Å². The molecule has 4 aromatic carbocycles. The maximum atomic E-state index is 13.6. The summed E-state index contributed by atoms with van der Waals surface area (Å²) in [6, 6.07) is 30.8. The lowest BCUT2D eigenvalue weighted by molar-refractivity contribution is -0.116. The van der Waals surface area contributed by atoms with Crippen molar-refractivity contribution in [1.29, 1.82) is 0 Å². The third-order valence-electron chi connectivity index (χ3n) is 6.28. The summed E-state index contributed by atoms with van der Waals surface area (Å²) in [6.45, 7) is 0. The minimum absolute atomic E-state index is 0.0858. The highest BCUT2D eigenvalue weighted by atomic mass is 35.5. The molecule has 6 nitrogen and oxygen atoms in total. The second-order valence-electron chi connectivity index (χ2n) is 9.44. The molecule has 0 aliphatic heterocycles. The van der Waals surface area contributed by atoms with Crippen LogP contribution in [0, 0.1) is 5.82 Å². The highest BCUT2D eigenvalue weighted by Gasteiger charge is 2.23. The third-order valence-corrected chi connectivity index (χ3v) is 8.53. The van der Waals surface area contributed by atoms with Crippen molar-refractivity contribution in [2.45, 2.75) is 10.1 Å². The number of carbonyl (C=O) groups excluding carboxylic acids is 3. The number of nitrogens with one attached hydrogen (secondary N) is 3. The maximum Gasteiger partial charge on any atom is 0.272 e. The predicted octanol–water partition coefficient (Wildman–Crippen LogP) is 8.42. The molecule has 1 heterocycles. The Morgan fingerprint density at radius 1 is 0.818 bits per heavy atom. The normalized spacial score (nSPS) is 11.8. The zero-order valence-electron chi connectivity index (χ0n) is 23.0. The van der Waals surface area contributed by atoms with E-state index in [0.29, 0.717) is 16.9 Å². The van der Waals surface area contributed by atoms with Gasteiger partial charge in [-0.15, -0.1) is 11.8 Å². The van der Waals surface area contributed by atoms with Gasteiger partial charge in [-0.05, 0) is 88.6 Å². The van der Waals surface area contributed by atoms with Crippen LogP contribution in [-0.4, -0.2) is 17.7 Å². The molecular formula is C34H25ClFN3O3S2. The van der Waals surface area contributed by atoms with Crippen molar-refractivity contribution in [3.05, 3.63) is 153 Å². The lowest BCUT2D eigenvalue weighted by atomic mass is 10.1. The van der Waals surface area contributed by atoms with Crippen LogP contribution >= 0.6 is 34.7 Å². The summed E-state index contributed by atoms with van der Waals surface area (Å²) in [5.74, 6) is -1.76. The molecule has 3 amide bonds. The largest absolute Gasteiger partial charge is 0.325 e. The van der Waals surface area contributed by atoms with Gasteiger partial charge in [0.05, 0.1) is 5.02 Å². The lowest BCUT2D eigenvalue weighted by Gasteiger charge is -2.18. The number of thioether (sulfide) groups is 1. The lowest BCUT2D eigenvalue weighted by Crippen LogP contribution is -2.30. The van der Waals surface area contributed by atoms with Crippen LogP contribution in [0.4, 0.5) is 15.8 Å². The van der Waals surface area contributed by atoms with E-state index in [2.05, 4.69) is 16.0 Å². The molecule has 44 heavy (non-hydrogen) atoms. The van der Waals surface area contributed by atoms with Gasteiger partial charge in [-0.2, -0.15) is 11.3 Å². The summed E-state index contributed by atoms with van der Waals surface area (Å²) < 4.78 is 13.6. The van der Waals surface area contributed by atoms with Gasteiger partial charge in [0.1, 0.15) is 16.8 Å². The summed E-state index contributed by atoms with van der Waals surface area (Å²) in [5.41, 5.74) is 2.97. The van der Waals surface area contributed by atoms with Crippen molar-refractivity contribution in [2.75, 3.05) is 10.6 Å². The quantitative estimate of drug-likeness (QED) is 0.106. The van der Waals surface area contributed by atoms with E-state index in [0.717, 1.165) is 16.0 Å². The van der Waals surface area contributed by atoms with Crippen LogP contribution in [0.2, 0.25) is 5.02 Å². The van der Waals surface area contributed by atoms with Crippen molar-refractivity contribution in [3.63, 3.8) is 0 Å². The number of anilines is 2. The molecule has 0 spiro atoms. The van der Waals surface area contributed by atoms with Gasteiger partial charge in [0.15, 0.2) is 0 Å². The number of carbonyl (C=O) groups is 3. The molecule has 0 aliphatic carbocycles. The molecular weight excluding hydrogens is 617 g/mol. The zero-order chi connectivity index (χ0) is 30.9. The molecule has 1 atom stereocenters. The Bertz CT molecular complexity index is 1780. The van der Waals surface area contributed by atoms with E-state index in [9.17, 15) is 18.8 Å². The number of hydrogen-bond donors (Lipinski definition) is 3. The fraction of sp³-hybridized carbons (Fsp3) is 0.0294. The van der Waals surface area contributed by atoms with Gasteiger partial charge in [0.2, 0.25) is 5.91 Å². The Hall–Kier alpha value is -4.70. The Morgan fingerprint density at radius 2 is 1.50 bits per heavy atom. The third kappa shape index (κ3) is 8.23. The average Bonchev–Trinajstić information content (AvgIpc) is 3.56. The van der Waals surface area contributed by atoms with Gasteiger partial charge in [-0.25, -0.2) is 4.39 Å². The fourth-order valence-electron chi connectivity index (χ4n) is 4.10. The highest BCUT2D eigenvalue weighted by Crippen LogP contribution is 2.37. The highest BCUT2D eigenvalue weighted by molar-refractivity contribution is 8.00. The van der Waals surface area contributed by atoms with E-state index >= 15 is 0 Å². The number of amides is 3. The Labute approximate surface area is 267 Å². The van der Waals surface area contributed by atoms with Gasteiger partial charge in [-0.3, -0.25) is 14.4 Å². The second-order valence-corrected chi connectivity index (χ2v) is 11.8. The van der Waals surface area contributed by atoms with Crippen LogP contribution in [0.5, 0.6) is 0 Å². The average molecular weight is 642 g/mol. The first-order valence-electron chi connectivity index (χ1n) is 13.3. The fourth-order valence-corrected chi connectivity index (χ4v) is 5.92. The van der Waals surface area contributed by atoms with E-state index in [1.54, 1.807) is 54.6 Å². The second kappa shape index (κ2) is 14.7. The Balaban J connectivity index is 1.30. The summed E-state index contributed by atoms with van der Waals surface area (Å²) in [5, 5.41) is 11.4. The van der Waals surface area contributed by atoms with Crippen LogP contribution < -0.4 is 16.0 Å². The first-order chi connectivity index (χ1) is 21.4. The van der Waals surface area contributed by atoms with E-state index in [1.807, 2.05) is 53.2 Å². The minimum atomic E-state index is -0.631. The summed E-state index contributed by atoms with van der Waals surface area (Å²) >= 11 is 8.70. The first-order valence-corrected chi connectivity index (χ1v) is 15.5. The van der Waals surface area contributed by atoms with E-state index in [-0.39, 0.29) is 16.6 Å². The number of halogens is 2. The molecule has 5 aromatic rings. The molecule has 1 aromatic heterocycles. The summed E-state index contributed by atoms with van der Waals surface area (Å²) in [6.07, 6.45) is 1.62. The van der Waals surface area contributed by atoms with Gasteiger partial charge in [0, 0.05) is 21.8 Å². The molecule has 0 aliphatic rings. The van der Waals surface area contributed by atoms with Crippen molar-refractivity contribution >= 4 is 69.9 Å². The molecule has 0 saturated carbocycles. The van der Waals surface area contributed by atoms with Gasteiger partial charge < -0.3 is 16.0 Å². The predicted molar refractivity (Wildman–Crippen MR) is 176 cm³/mol. The molecule has 0 radical (unpaired) electrons. The van der Waals surface area contributed by atoms with Crippen LogP contribution in [-0.2, 0) is 9.59 Å². The van der Waals surface area contributed by atoms with E-state index in [1.165, 1.54) is 41.3 Å². The summed E-state index contributed by atoms with van der Waals surface area (Å²) in [7, 11) is 0. The van der Waals surface area contributed by atoms with Crippen molar-refractivity contribution in [3.8, 4) is 0 Å².